The molecule has 1 amide bonds. The molecule has 18 heavy (non-hydrogen) atoms. The fraction of sp³-hybridized carbons (Fsp3) is 0.923. The van der Waals surface area contributed by atoms with Crippen LogP contribution < -0.4 is 11.1 Å². The van der Waals surface area contributed by atoms with Crippen LogP contribution in [0.25, 0.3) is 0 Å². The molecule has 1 heterocycles. The molecule has 1 aliphatic carbocycles. The fourth-order valence-corrected chi connectivity index (χ4v) is 2.86. The summed E-state index contributed by atoms with van der Waals surface area (Å²) in [4.78, 5) is 12.1. The van der Waals surface area contributed by atoms with Crippen molar-refractivity contribution in [3.8, 4) is 0 Å². The molecule has 1 aliphatic heterocycles. The molecule has 5 heteroatoms. The molecule has 0 unspecified atom stereocenters. The maximum atomic E-state index is 12.1. The van der Waals surface area contributed by atoms with Crippen molar-refractivity contribution in [1.29, 1.82) is 0 Å². The van der Waals surface area contributed by atoms with Gasteiger partial charge in [-0.2, -0.15) is 0 Å². The van der Waals surface area contributed by atoms with E-state index in [1.165, 1.54) is 0 Å². The van der Waals surface area contributed by atoms with Gasteiger partial charge in [-0.3, -0.25) is 4.79 Å². The van der Waals surface area contributed by atoms with Gasteiger partial charge in [-0.1, -0.05) is 27.7 Å². The summed E-state index contributed by atoms with van der Waals surface area (Å²) in [5.41, 5.74) is 5.89. The first-order valence-corrected chi connectivity index (χ1v) is 6.46. The predicted octanol–water partition coefficient (Wildman–Crippen LogP) is 1.47. The summed E-state index contributed by atoms with van der Waals surface area (Å²) < 4.78 is 5.60. The third-order valence-electron chi connectivity index (χ3n) is 4.97. The normalized spacial score (nSPS) is 32.7. The van der Waals surface area contributed by atoms with Crippen molar-refractivity contribution in [3.05, 3.63) is 0 Å². The van der Waals surface area contributed by atoms with Crippen LogP contribution in [0.15, 0.2) is 0 Å². The van der Waals surface area contributed by atoms with E-state index < -0.39 is 0 Å². The first kappa shape index (κ1) is 15.7. The summed E-state index contributed by atoms with van der Waals surface area (Å²) >= 11 is 0. The van der Waals surface area contributed by atoms with Gasteiger partial charge in [0.15, 0.2) is 0 Å². The molecule has 106 valence electrons. The first-order chi connectivity index (χ1) is 7.80. The van der Waals surface area contributed by atoms with Crippen LogP contribution in [0.2, 0.25) is 0 Å². The van der Waals surface area contributed by atoms with E-state index in [-0.39, 0.29) is 47.4 Å². The largest absolute Gasteiger partial charge is 0.364 e. The number of amides is 1. The first-order valence-electron chi connectivity index (χ1n) is 6.46. The minimum atomic E-state index is -0.296. The minimum absolute atomic E-state index is 0. The molecule has 2 rings (SSSR count). The second-order valence-electron chi connectivity index (χ2n) is 6.44. The number of rotatable bonds is 3. The van der Waals surface area contributed by atoms with Crippen molar-refractivity contribution in [1.82, 2.24) is 5.32 Å². The molecule has 2 atom stereocenters. The maximum absolute atomic E-state index is 12.1. The zero-order valence-electron chi connectivity index (χ0n) is 11.7. The third kappa shape index (κ3) is 2.38. The topological polar surface area (TPSA) is 64.4 Å². The Morgan fingerprint density at radius 3 is 2.22 bits per heavy atom. The van der Waals surface area contributed by atoms with Gasteiger partial charge in [0.25, 0.3) is 0 Å². The zero-order valence-corrected chi connectivity index (χ0v) is 12.5. The molecule has 2 aliphatic rings. The van der Waals surface area contributed by atoms with Crippen molar-refractivity contribution in [2.24, 2.45) is 16.6 Å². The highest BCUT2D eigenvalue weighted by atomic mass is 35.5. The van der Waals surface area contributed by atoms with Crippen LogP contribution in [0.5, 0.6) is 0 Å². The molecule has 3 N–H and O–H groups in total. The number of carbonyl (C=O) groups is 1. The summed E-state index contributed by atoms with van der Waals surface area (Å²) in [6.07, 6.45) is 1.45. The van der Waals surface area contributed by atoms with Gasteiger partial charge in [0.05, 0.1) is 6.10 Å². The second-order valence-corrected chi connectivity index (χ2v) is 6.44. The van der Waals surface area contributed by atoms with E-state index in [4.69, 9.17) is 10.5 Å². The van der Waals surface area contributed by atoms with Gasteiger partial charge in [0.2, 0.25) is 5.91 Å². The molecule has 0 radical (unpaired) electrons. The lowest BCUT2D eigenvalue weighted by molar-refractivity contribution is -0.132. The molecular formula is C13H25ClN2O2. The SMILES string of the molecule is CC1(C)C(NC(=O)[C@@H]2CC[C@H](CN)O2)C1(C)C.Cl. The van der Waals surface area contributed by atoms with Crippen molar-refractivity contribution >= 4 is 18.3 Å². The zero-order chi connectivity index (χ0) is 12.8. The number of nitrogens with two attached hydrogens (primary N) is 1. The molecular weight excluding hydrogens is 252 g/mol. The molecule has 0 aromatic heterocycles. The number of hydrogen-bond donors (Lipinski definition) is 2. The van der Waals surface area contributed by atoms with Gasteiger partial charge in [-0.05, 0) is 23.7 Å². The Morgan fingerprint density at radius 1 is 1.28 bits per heavy atom. The van der Waals surface area contributed by atoms with Crippen LogP contribution in [0, 0.1) is 10.8 Å². The van der Waals surface area contributed by atoms with E-state index in [0.29, 0.717) is 6.54 Å². The molecule has 0 spiro atoms. The smallest absolute Gasteiger partial charge is 0.249 e. The van der Waals surface area contributed by atoms with Crippen molar-refractivity contribution in [3.63, 3.8) is 0 Å². The van der Waals surface area contributed by atoms with E-state index in [1.54, 1.807) is 0 Å². The Bertz CT molecular complexity index is 317. The van der Waals surface area contributed by atoms with Gasteiger partial charge in [-0.15, -0.1) is 12.4 Å². The summed E-state index contributed by atoms with van der Waals surface area (Å²) in [5, 5.41) is 3.12. The maximum Gasteiger partial charge on any atom is 0.249 e. The lowest BCUT2D eigenvalue weighted by Crippen LogP contribution is -2.38. The molecule has 0 aromatic rings. The lowest BCUT2D eigenvalue weighted by atomic mass is 10.0. The Kier molecular flexibility index (Phi) is 4.36. The Balaban J connectivity index is 0.00000162. The standard InChI is InChI=1S/C13H24N2O2.ClH/c1-12(2)11(13(12,3)4)15-10(16)9-6-5-8(7-14)17-9;/h8-9,11H,5-7,14H2,1-4H3,(H,15,16);1H/t8-,9+;/m1./s1. The van der Waals surface area contributed by atoms with Gasteiger partial charge >= 0.3 is 0 Å². The Labute approximate surface area is 115 Å². The second kappa shape index (κ2) is 4.99. The van der Waals surface area contributed by atoms with Gasteiger partial charge in [-0.25, -0.2) is 0 Å². The molecule has 0 aromatic carbocycles. The van der Waals surface area contributed by atoms with Gasteiger partial charge < -0.3 is 15.8 Å². The van der Waals surface area contributed by atoms with E-state index in [9.17, 15) is 4.79 Å². The average molecular weight is 277 g/mol. The highest BCUT2D eigenvalue weighted by Gasteiger charge is 2.65. The molecule has 0 bridgehead atoms. The average Bonchev–Trinajstić information content (AvgIpc) is 2.65. The van der Waals surface area contributed by atoms with Crippen LogP contribution in [-0.4, -0.2) is 30.7 Å². The van der Waals surface area contributed by atoms with Crippen molar-refractivity contribution < 1.29 is 9.53 Å². The Hall–Kier alpha value is -0.320. The molecule has 4 nitrogen and oxygen atoms in total. The van der Waals surface area contributed by atoms with Crippen LogP contribution in [-0.2, 0) is 9.53 Å². The molecule has 2 fully saturated rings. The number of nitrogens with one attached hydrogen (secondary N) is 1. The van der Waals surface area contributed by atoms with Crippen LogP contribution in [0.3, 0.4) is 0 Å². The molecule has 1 saturated heterocycles. The summed E-state index contributed by atoms with van der Waals surface area (Å²) in [5.74, 6) is 0.0320. The van der Waals surface area contributed by atoms with Gasteiger partial charge in [0.1, 0.15) is 6.10 Å². The minimum Gasteiger partial charge on any atom is -0.364 e. The van der Waals surface area contributed by atoms with Crippen LogP contribution in [0.1, 0.15) is 40.5 Å². The van der Waals surface area contributed by atoms with Gasteiger partial charge in [0, 0.05) is 12.6 Å². The van der Waals surface area contributed by atoms with Crippen LogP contribution >= 0.6 is 12.4 Å². The van der Waals surface area contributed by atoms with E-state index in [0.717, 1.165) is 12.8 Å². The number of ether oxygens (including phenoxy) is 1. The fourth-order valence-electron chi connectivity index (χ4n) is 2.86. The Morgan fingerprint density at radius 2 is 1.83 bits per heavy atom. The number of halogens is 1. The third-order valence-corrected chi connectivity index (χ3v) is 4.97. The highest BCUT2D eigenvalue weighted by molar-refractivity contribution is 5.85. The highest BCUT2D eigenvalue weighted by Crippen LogP contribution is 2.62. The monoisotopic (exact) mass is 276 g/mol. The number of hydrogen-bond acceptors (Lipinski definition) is 3. The van der Waals surface area contributed by atoms with Crippen molar-refractivity contribution in [2.75, 3.05) is 6.54 Å². The number of carbonyl (C=O) groups excluding carboxylic acids is 1. The quantitative estimate of drug-likeness (QED) is 0.820. The molecule has 1 saturated carbocycles. The lowest BCUT2D eigenvalue weighted by Gasteiger charge is -2.13. The van der Waals surface area contributed by atoms with Crippen LogP contribution in [0.4, 0.5) is 0 Å². The van der Waals surface area contributed by atoms with E-state index >= 15 is 0 Å². The summed E-state index contributed by atoms with van der Waals surface area (Å²) in [7, 11) is 0. The summed E-state index contributed by atoms with van der Waals surface area (Å²) in [6.45, 7) is 9.27. The van der Waals surface area contributed by atoms with E-state index in [2.05, 4.69) is 33.0 Å². The summed E-state index contributed by atoms with van der Waals surface area (Å²) in [6, 6.07) is 0.253. The predicted molar refractivity (Wildman–Crippen MR) is 73.7 cm³/mol. The van der Waals surface area contributed by atoms with Crippen molar-refractivity contribution in [2.45, 2.75) is 58.8 Å². The van der Waals surface area contributed by atoms with E-state index in [1.807, 2.05) is 0 Å².